The maximum Gasteiger partial charge on any atom is 0.262 e. The number of hydrogen-bond donors (Lipinski definition) is 1. The molecular formula is C10H16ClNO3. The topological polar surface area (TPSA) is 50.9 Å². The Balaban J connectivity index is 1.79. The molecule has 1 N–H and O–H groups in total. The molecule has 1 amide bonds. The maximum atomic E-state index is 10.9. The third-order valence-electron chi connectivity index (χ3n) is 1.95. The molecule has 1 aliphatic heterocycles. The second kappa shape index (κ2) is 6.82. The predicted molar refractivity (Wildman–Crippen MR) is 57.8 cm³/mol. The maximum absolute atomic E-state index is 10.9. The average Bonchev–Trinajstić information content (AvgIpc) is 2.99. The second-order valence-electron chi connectivity index (χ2n) is 3.40. The molecule has 5 heteroatoms. The highest BCUT2D eigenvalue weighted by atomic mass is 35.5. The Morgan fingerprint density at radius 2 is 2.33 bits per heavy atom. The van der Waals surface area contributed by atoms with E-state index in [2.05, 4.69) is 11.9 Å². The molecule has 0 aromatic rings. The van der Waals surface area contributed by atoms with E-state index in [1.807, 2.05) is 0 Å². The molecule has 1 saturated heterocycles. The van der Waals surface area contributed by atoms with E-state index in [4.69, 9.17) is 21.1 Å². The van der Waals surface area contributed by atoms with Crippen LogP contribution in [0.2, 0.25) is 0 Å². The molecule has 1 unspecified atom stereocenters. The molecule has 0 radical (unpaired) electrons. The number of unbranched alkanes of at least 4 members (excludes halogenated alkanes) is 1. The first-order valence-electron chi connectivity index (χ1n) is 5.02. The van der Waals surface area contributed by atoms with Gasteiger partial charge in [-0.3, -0.25) is 4.79 Å². The van der Waals surface area contributed by atoms with Gasteiger partial charge >= 0.3 is 0 Å². The van der Waals surface area contributed by atoms with Crippen LogP contribution in [0.4, 0.5) is 0 Å². The lowest BCUT2D eigenvalue weighted by atomic mass is 10.3. The zero-order chi connectivity index (χ0) is 11.1. The highest BCUT2D eigenvalue weighted by Crippen LogP contribution is 2.08. The van der Waals surface area contributed by atoms with Crippen LogP contribution in [-0.4, -0.2) is 38.4 Å². The summed E-state index contributed by atoms with van der Waals surface area (Å²) in [7, 11) is 0. The van der Waals surface area contributed by atoms with Crippen LogP contribution in [0.25, 0.3) is 0 Å². The third-order valence-corrected chi connectivity index (χ3v) is 2.13. The smallest absolute Gasteiger partial charge is 0.262 e. The average molecular weight is 234 g/mol. The number of hydrogen-bond acceptors (Lipinski definition) is 3. The van der Waals surface area contributed by atoms with Gasteiger partial charge in [0.15, 0.2) is 0 Å². The second-order valence-corrected chi connectivity index (χ2v) is 3.85. The first-order chi connectivity index (χ1) is 7.20. The van der Waals surface area contributed by atoms with Crippen molar-refractivity contribution in [3.05, 3.63) is 11.6 Å². The molecule has 15 heavy (non-hydrogen) atoms. The summed E-state index contributed by atoms with van der Waals surface area (Å²) in [6.07, 6.45) is 2.12. The molecule has 1 fully saturated rings. The van der Waals surface area contributed by atoms with Gasteiger partial charge in [0, 0.05) is 13.2 Å². The van der Waals surface area contributed by atoms with Gasteiger partial charge in [0.25, 0.3) is 5.91 Å². The van der Waals surface area contributed by atoms with Crippen molar-refractivity contribution in [3.63, 3.8) is 0 Å². The quantitative estimate of drug-likeness (QED) is 0.387. The predicted octanol–water partition coefficient (Wildman–Crippen LogP) is 1.05. The number of carbonyl (C=O) groups is 1. The third kappa shape index (κ3) is 6.49. The zero-order valence-corrected chi connectivity index (χ0v) is 9.39. The summed E-state index contributed by atoms with van der Waals surface area (Å²) in [6, 6.07) is 0. The summed E-state index contributed by atoms with van der Waals surface area (Å²) >= 11 is 5.39. The first-order valence-corrected chi connectivity index (χ1v) is 5.40. The van der Waals surface area contributed by atoms with Gasteiger partial charge in [-0.1, -0.05) is 18.2 Å². The van der Waals surface area contributed by atoms with Crippen LogP contribution in [0.3, 0.4) is 0 Å². The van der Waals surface area contributed by atoms with Crippen LogP contribution in [0.5, 0.6) is 0 Å². The molecule has 0 aromatic carbocycles. The lowest BCUT2D eigenvalue weighted by molar-refractivity contribution is -0.116. The summed E-state index contributed by atoms with van der Waals surface area (Å²) in [5, 5.41) is 2.67. The highest BCUT2D eigenvalue weighted by molar-refractivity contribution is 6.41. The van der Waals surface area contributed by atoms with E-state index < -0.39 is 0 Å². The Morgan fingerprint density at radius 3 is 2.93 bits per heavy atom. The van der Waals surface area contributed by atoms with E-state index in [0.29, 0.717) is 25.9 Å². The highest BCUT2D eigenvalue weighted by Gasteiger charge is 2.21. The van der Waals surface area contributed by atoms with E-state index in [-0.39, 0.29) is 10.9 Å². The Bertz CT molecular complexity index is 229. The number of halogens is 1. The molecule has 0 aromatic heterocycles. The van der Waals surface area contributed by atoms with Crippen molar-refractivity contribution >= 4 is 17.5 Å². The van der Waals surface area contributed by atoms with Crippen LogP contribution in [0.15, 0.2) is 11.6 Å². The van der Waals surface area contributed by atoms with Gasteiger partial charge in [0.1, 0.15) is 6.10 Å². The molecule has 86 valence electrons. The number of ether oxygens (including phenoxy) is 2. The number of amides is 1. The molecule has 0 spiro atoms. The van der Waals surface area contributed by atoms with Gasteiger partial charge in [0.2, 0.25) is 0 Å². The minimum Gasteiger partial charge on any atom is -0.379 e. The molecular weight excluding hydrogens is 218 g/mol. The fraction of sp³-hybridized carbons (Fsp3) is 0.700. The monoisotopic (exact) mass is 233 g/mol. The Labute approximate surface area is 94.6 Å². The van der Waals surface area contributed by atoms with E-state index in [1.54, 1.807) is 0 Å². The van der Waals surface area contributed by atoms with Gasteiger partial charge < -0.3 is 14.8 Å². The molecule has 1 aliphatic rings. The molecule has 1 atom stereocenters. The van der Waals surface area contributed by atoms with E-state index >= 15 is 0 Å². The van der Waals surface area contributed by atoms with Crippen molar-refractivity contribution in [1.82, 2.24) is 5.32 Å². The molecule has 0 bridgehead atoms. The van der Waals surface area contributed by atoms with Crippen molar-refractivity contribution in [2.75, 3.05) is 26.4 Å². The Morgan fingerprint density at radius 1 is 1.60 bits per heavy atom. The van der Waals surface area contributed by atoms with Gasteiger partial charge in [-0.05, 0) is 12.8 Å². The lowest BCUT2D eigenvalue weighted by Gasteiger charge is -2.04. The molecule has 0 saturated carbocycles. The summed E-state index contributed by atoms with van der Waals surface area (Å²) in [5.41, 5.74) is 0. The van der Waals surface area contributed by atoms with Gasteiger partial charge in [-0.2, -0.15) is 0 Å². The minimum atomic E-state index is -0.302. The molecule has 0 aliphatic carbocycles. The van der Waals surface area contributed by atoms with Crippen molar-refractivity contribution in [3.8, 4) is 0 Å². The van der Waals surface area contributed by atoms with Crippen molar-refractivity contribution < 1.29 is 14.3 Å². The molecule has 4 nitrogen and oxygen atoms in total. The van der Waals surface area contributed by atoms with E-state index in [0.717, 1.165) is 19.4 Å². The molecule has 1 rings (SSSR count). The van der Waals surface area contributed by atoms with Crippen LogP contribution in [-0.2, 0) is 14.3 Å². The number of rotatable bonds is 8. The van der Waals surface area contributed by atoms with Crippen LogP contribution in [0.1, 0.15) is 12.8 Å². The fourth-order valence-corrected chi connectivity index (χ4v) is 1.07. The lowest BCUT2D eigenvalue weighted by Crippen LogP contribution is -2.24. The Hall–Kier alpha value is -0.580. The van der Waals surface area contributed by atoms with Gasteiger partial charge in [-0.15, -0.1) is 0 Å². The standard InChI is InChI=1S/C10H16ClNO3/c1-8(11)10(13)12-4-2-3-5-14-6-9-7-15-9/h9H,1-7H2,(H,12,13). The normalized spacial score (nSPS) is 18.6. The van der Waals surface area contributed by atoms with Crippen LogP contribution in [0, 0.1) is 0 Å². The van der Waals surface area contributed by atoms with Gasteiger partial charge in [-0.25, -0.2) is 0 Å². The largest absolute Gasteiger partial charge is 0.379 e. The zero-order valence-electron chi connectivity index (χ0n) is 8.63. The molecule has 1 heterocycles. The summed E-state index contributed by atoms with van der Waals surface area (Å²) in [6.45, 7) is 6.15. The first kappa shape index (κ1) is 12.5. The van der Waals surface area contributed by atoms with Crippen molar-refractivity contribution in [2.24, 2.45) is 0 Å². The van der Waals surface area contributed by atoms with E-state index in [1.165, 1.54) is 0 Å². The Kier molecular flexibility index (Phi) is 5.68. The van der Waals surface area contributed by atoms with Crippen molar-refractivity contribution in [1.29, 1.82) is 0 Å². The number of carbonyl (C=O) groups excluding carboxylic acids is 1. The summed E-state index contributed by atoms with van der Waals surface area (Å²) < 4.78 is 10.3. The number of nitrogens with one attached hydrogen (secondary N) is 1. The van der Waals surface area contributed by atoms with E-state index in [9.17, 15) is 4.79 Å². The summed E-state index contributed by atoms with van der Waals surface area (Å²) in [4.78, 5) is 10.9. The van der Waals surface area contributed by atoms with Crippen LogP contribution >= 0.6 is 11.6 Å². The number of epoxide rings is 1. The minimum absolute atomic E-state index is 0.0251. The fourth-order valence-electron chi connectivity index (χ4n) is 1.01. The van der Waals surface area contributed by atoms with Crippen LogP contribution < -0.4 is 5.32 Å². The summed E-state index contributed by atoms with van der Waals surface area (Å²) in [5.74, 6) is -0.302. The SMILES string of the molecule is C=C(Cl)C(=O)NCCCCOCC1CO1. The van der Waals surface area contributed by atoms with Gasteiger partial charge in [0.05, 0.1) is 18.2 Å². The van der Waals surface area contributed by atoms with Crippen molar-refractivity contribution in [2.45, 2.75) is 18.9 Å².